The lowest BCUT2D eigenvalue weighted by molar-refractivity contribution is -0.117. The van der Waals surface area contributed by atoms with Crippen LogP contribution in [0.25, 0.3) is 6.08 Å². The highest BCUT2D eigenvalue weighted by molar-refractivity contribution is 6.10. The van der Waals surface area contributed by atoms with Crippen molar-refractivity contribution in [3.63, 3.8) is 0 Å². The zero-order valence-corrected chi connectivity index (χ0v) is 13.4. The topological polar surface area (TPSA) is 64.8 Å². The Bertz CT molecular complexity index is 827. The summed E-state index contributed by atoms with van der Waals surface area (Å²) in [5.41, 5.74) is 7.85. The van der Waals surface area contributed by atoms with Crippen LogP contribution in [0.5, 0.6) is 11.5 Å². The molecular weight excluding hydrogens is 304 g/mol. The molecule has 0 spiro atoms. The first-order valence-electron chi connectivity index (χ1n) is 7.48. The van der Waals surface area contributed by atoms with Gasteiger partial charge in [-0.25, -0.2) is 0 Å². The highest BCUT2D eigenvalue weighted by Crippen LogP contribution is 2.37. The van der Waals surface area contributed by atoms with Gasteiger partial charge in [0.05, 0.1) is 12.8 Å². The van der Waals surface area contributed by atoms with Gasteiger partial charge in [-0.3, -0.25) is 9.69 Å². The molecule has 0 aliphatic carbocycles. The third kappa shape index (κ3) is 2.96. The number of ether oxygens (including phenoxy) is 2. The SMILES string of the molecule is C=CCN1C(=O)/C(=C\c2cccc(OC)c2)Oc2ccc(N)cc21. The van der Waals surface area contributed by atoms with Crippen LogP contribution in [0.15, 0.2) is 60.9 Å². The molecule has 1 heterocycles. The van der Waals surface area contributed by atoms with Crippen molar-refractivity contribution in [2.75, 3.05) is 24.3 Å². The van der Waals surface area contributed by atoms with E-state index in [-0.39, 0.29) is 11.7 Å². The number of fused-ring (bicyclic) bond motifs is 1. The van der Waals surface area contributed by atoms with Crippen LogP contribution in [-0.4, -0.2) is 19.6 Å². The molecule has 0 bridgehead atoms. The maximum Gasteiger partial charge on any atom is 0.294 e. The average molecular weight is 322 g/mol. The van der Waals surface area contributed by atoms with Crippen molar-refractivity contribution in [3.05, 3.63) is 66.4 Å². The van der Waals surface area contributed by atoms with Crippen molar-refractivity contribution < 1.29 is 14.3 Å². The Hall–Kier alpha value is -3.21. The van der Waals surface area contributed by atoms with Crippen molar-refractivity contribution in [1.29, 1.82) is 0 Å². The third-order valence-electron chi connectivity index (χ3n) is 3.65. The van der Waals surface area contributed by atoms with E-state index >= 15 is 0 Å². The van der Waals surface area contributed by atoms with Crippen LogP contribution in [-0.2, 0) is 4.79 Å². The Morgan fingerprint density at radius 2 is 2.12 bits per heavy atom. The molecule has 0 unspecified atom stereocenters. The Balaban J connectivity index is 2.03. The minimum absolute atomic E-state index is 0.238. The number of methoxy groups -OCH3 is 1. The van der Waals surface area contributed by atoms with Crippen LogP contribution < -0.4 is 20.1 Å². The van der Waals surface area contributed by atoms with Gasteiger partial charge in [0.15, 0.2) is 11.5 Å². The summed E-state index contributed by atoms with van der Waals surface area (Å²) >= 11 is 0. The number of hydrogen-bond donors (Lipinski definition) is 1. The summed E-state index contributed by atoms with van der Waals surface area (Å²) in [7, 11) is 1.60. The number of benzene rings is 2. The van der Waals surface area contributed by atoms with Gasteiger partial charge in [0, 0.05) is 12.2 Å². The quantitative estimate of drug-likeness (QED) is 0.533. The fraction of sp³-hybridized carbons (Fsp3) is 0.105. The molecule has 2 aromatic carbocycles. The molecule has 5 nitrogen and oxygen atoms in total. The van der Waals surface area contributed by atoms with Crippen LogP contribution >= 0.6 is 0 Å². The first kappa shape index (κ1) is 15.7. The zero-order valence-electron chi connectivity index (χ0n) is 13.4. The summed E-state index contributed by atoms with van der Waals surface area (Å²) in [5.74, 6) is 1.29. The predicted octanol–water partition coefficient (Wildman–Crippen LogP) is 3.23. The number of hydrogen-bond acceptors (Lipinski definition) is 4. The van der Waals surface area contributed by atoms with E-state index in [9.17, 15) is 4.79 Å². The maximum absolute atomic E-state index is 12.8. The van der Waals surface area contributed by atoms with E-state index in [1.165, 1.54) is 0 Å². The Labute approximate surface area is 140 Å². The van der Waals surface area contributed by atoms with E-state index in [1.54, 1.807) is 42.4 Å². The lowest BCUT2D eigenvalue weighted by Gasteiger charge is -2.30. The molecule has 0 radical (unpaired) electrons. The number of nitrogens with zero attached hydrogens (tertiary/aromatic N) is 1. The molecule has 0 atom stereocenters. The van der Waals surface area contributed by atoms with Gasteiger partial charge in [-0.15, -0.1) is 6.58 Å². The molecule has 0 saturated heterocycles. The Kier molecular flexibility index (Phi) is 4.24. The third-order valence-corrected chi connectivity index (χ3v) is 3.65. The minimum atomic E-state index is -0.240. The van der Waals surface area contributed by atoms with Gasteiger partial charge >= 0.3 is 0 Å². The second-order valence-electron chi connectivity index (χ2n) is 5.32. The van der Waals surface area contributed by atoms with Crippen LogP contribution in [0, 0.1) is 0 Å². The molecule has 0 fully saturated rings. The van der Waals surface area contributed by atoms with Crippen molar-refractivity contribution in [3.8, 4) is 11.5 Å². The number of anilines is 2. The summed E-state index contributed by atoms with van der Waals surface area (Å²) < 4.78 is 11.0. The summed E-state index contributed by atoms with van der Waals surface area (Å²) in [6.45, 7) is 4.08. The van der Waals surface area contributed by atoms with Crippen molar-refractivity contribution >= 4 is 23.4 Å². The highest BCUT2D eigenvalue weighted by Gasteiger charge is 2.29. The normalized spacial score (nSPS) is 15.0. The zero-order chi connectivity index (χ0) is 17.1. The van der Waals surface area contributed by atoms with E-state index < -0.39 is 0 Å². The van der Waals surface area contributed by atoms with E-state index in [2.05, 4.69) is 6.58 Å². The fourth-order valence-electron chi connectivity index (χ4n) is 2.52. The first-order chi connectivity index (χ1) is 11.6. The highest BCUT2D eigenvalue weighted by atomic mass is 16.5. The van der Waals surface area contributed by atoms with E-state index in [1.807, 2.05) is 24.3 Å². The lowest BCUT2D eigenvalue weighted by Crippen LogP contribution is -2.37. The van der Waals surface area contributed by atoms with Gasteiger partial charge < -0.3 is 15.2 Å². The molecule has 1 amide bonds. The lowest BCUT2D eigenvalue weighted by atomic mass is 10.1. The summed E-state index contributed by atoms with van der Waals surface area (Å²) in [5, 5.41) is 0. The second kappa shape index (κ2) is 6.50. The molecule has 2 N–H and O–H groups in total. The standard InChI is InChI=1S/C19H18N2O3/c1-3-9-21-16-12-14(20)7-8-17(16)24-18(19(21)22)11-13-5-4-6-15(10-13)23-2/h3-8,10-12H,1,9,20H2,2H3/b18-11+. The van der Waals surface area contributed by atoms with Gasteiger partial charge in [-0.1, -0.05) is 18.2 Å². The fourth-order valence-corrected chi connectivity index (χ4v) is 2.52. The van der Waals surface area contributed by atoms with Crippen molar-refractivity contribution in [1.82, 2.24) is 0 Å². The number of rotatable bonds is 4. The molecular formula is C19H18N2O3. The molecule has 0 aromatic heterocycles. The number of nitrogens with two attached hydrogens (primary N) is 1. The van der Waals surface area contributed by atoms with Gasteiger partial charge in [-0.2, -0.15) is 0 Å². The second-order valence-corrected chi connectivity index (χ2v) is 5.32. The van der Waals surface area contributed by atoms with Gasteiger partial charge in [-0.05, 0) is 42.0 Å². The van der Waals surface area contributed by atoms with Crippen LogP contribution in [0.3, 0.4) is 0 Å². The van der Waals surface area contributed by atoms with Gasteiger partial charge in [0.2, 0.25) is 0 Å². The predicted molar refractivity (Wildman–Crippen MR) is 95.0 cm³/mol. The maximum atomic E-state index is 12.8. The summed E-state index contributed by atoms with van der Waals surface area (Å²) in [4.78, 5) is 14.4. The number of nitrogen functional groups attached to an aromatic ring is 1. The van der Waals surface area contributed by atoms with E-state index in [4.69, 9.17) is 15.2 Å². The monoisotopic (exact) mass is 322 g/mol. The Morgan fingerprint density at radius 3 is 2.88 bits per heavy atom. The van der Waals surface area contributed by atoms with Crippen LogP contribution in [0.4, 0.5) is 11.4 Å². The molecule has 1 aliphatic rings. The molecule has 2 aromatic rings. The smallest absolute Gasteiger partial charge is 0.294 e. The number of amides is 1. The van der Waals surface area contributed by atoms with Gasteiger partial charge in [0.1, 0.15) is 5.75 Å². The number of carbonyl (C=O) groups is 1. The molecule has 0 saturated carbocycles. The largest absolute Gasteiger partial charge is 0.497 e. The van der Waals surface area contributed by atoms with Crippen molar-refractivity contribution in [2.24, 2.45) is 0 Å². The molecule has 1 aliphatic heterocycles. The Morgan fingerprint density at radius 1 is 1.29 bits per heavy atom. The van der Waals surface area contributed by atoms with Crippen LogP contribution in [0.1, 0.15) is 5.56 Å². The number of carbonyl (C=O) groups excluding carboxylic acids is 1. The molecule has 24 heavy (non-hydrogen) atoms. The van der Waals surface area contributed by atoms with Crippen LogP contribution in [0.2, 0.25) is 0 Å². The molecule has 5 heteroatoms. The summed E-state index contributed by atoms with van der Waals surface area (Å²) in [6, 6.07) is 12.6. The molecule has 122 valence electrons. The minimum Gasteiger partial charge on any atom is -0.497 e. The van der Waals surface area contributed by atoms with Gasteiger partial charge in [0.25, 0.3) is 5.91 Å². The summed E-state index contributed by atoms with van der Waals surface area (Å²) in [6.07, 6.45) is 3.36. The van der Waals surface area contributed by atoms with E-state index in [0.29, 0.717) is 29.4 Å². The van der Waals surface area contributed by atoms with Crippen molar-refractivity contribution in [2.45, 2.75) is 0 Å². The average Bonchev–Trinajstić information content (AvgIpc) is 2.59. The first-order valence-corrected chi connectivity index (χ1v) is 7.48. The van der Waals surface area contributed by atoms with E-state index in [0.717, 1.165) is 5.56 Å². The molecule has 3 rings (SSSR count).